The van der Waals surface area contributed by atoms with Gasteiger partial charge in [0, 0.05) is 30.1 Å². The fourth-order valence-corrected chi connectivity index (χ4v) is 7.17. The maximum atomic E-state index is 2.51. The van der Waals surface area contributed by atoms with Crippen LogP contribution in [0.15, 0.2) is 70.1 Å². The van der Waals surface area contributed by atoms with Crippen molar-refractivity contribution in [3.63, 3.8) is 0 Å². The highest BCUT2D eigenvalue weighted by atomic mass is 32.2. The van der Waals surface area contributed by atoms with Gasteiger partial charge in [-0.1, -0.05) is 75.1 Å². The first-order chi connectivity index (χ1) is 17.6. The van der Waals surface area contributed by atoms with E-state index in [2.05, 4.69) is 115 Å². The third kappa shape index (κ3) is 6.23. The first kappa shape index (κ1) is 26.9. The Kier molecular flexibility index (Phi) is 9.66. The molecule has 0 radical (unpaired) electrons. The molecular formula is C30H41N4S2+. The molecule has 4 rings (SSSR count). The highest BCUT2D eigenvalue weighted by molar-refractivity contribution is 8.03. The summed E-state index contributed by atoms with van der Waals surface area (Å²) in [5.41, 5.74) is 3.97. The molecule has 0 unspecified atom stereocenters. The number of benzene rings is 2. The summed E-state index contributed by atoms with van der Waals surface area (Å²) in [6.45, 7) is 19.8. The van der Waals surface area contributed by atoms with Gasteiger partial charge < -0.3 is 9.80 Å². The Hall–Kier alpha value is -2.12. The molecule has 4 nitrogen and oxygen atoms in total. The smallest absolute Gasteiger partial charge is 0.263 e. The summed E-state index contributed by atoms with van der Waals surface area (Å²) in [5.74, 6) is 0. The number of thioether (sulfide) groups is 1. The quantitative estimate of drug-likeness (QED) is 0.245. The molecule has 0 bridgehead atoms. The van der Waals surface area contributed by atoms with E-state index < -0.39 is 0 Å². The number of rotatable bonds is 12. The molecule has 0 fully saturated rings. The molecule has 0 saturated carbocycles. The molecule has 2 aromatic carbocycles. The summed E-state index contributed by atoms with van der Waals surface area (Å²) in [6.07, 6.45) is 4.76. The fourth-order valence-electron chi connectivity index (χ4n) is 4.78. The number of fused-ring (bicyclic) bond motifs is 2. The molecule has 192 valence electrons. The summed E-state index contributed by atoms with van der Waals surface area (Å²) in [7, 11) is 0. The van der Waals surface area contributed by atoms with Crippen LogP contribution in [0, 0.1) is 0 Å². The van der Waals surface area contributed by atoms with Gasteiger partial charge in [0.25, 0.3) is 5.01 Å². The van der Waals surface area contributed by atoms with E-state index in [1.54, 1.807) is 0 Å². The maximum absolute atomic E-state index is 2.51. The van der Waals surface area contributed by atoms with E-state index in [-0.39, 0.29) is 0 Å². The van der Waals surface area contributed by atoms with Gasteiger partial charge in [-0.2, -0.15) is 4.57 Å². The monoisotopic (exact) mass is 521 g/mol. The first-order valence-electron chi connectivity index (χ1n) is 13.4. The van der Waals surface area contributed by atoms with Crippen molar-refractivity contribution in [1.82, 2.24) is 9.80 Å². The van der Waals surface area contributed by atoms with Crippen LogP contribution in [0.1, 0.15) is 39.6 Å². The molecule has 6 heteroatoms. The summed E-state index contributed by atoms with van der Waals surface area (Å²) >= 11 is 3.79. The zero-order valence-electron chi connectivity index (χ0n) is 22.5. The molecule has 0 amide bonds. The molecule has 0 spiro atoms. The Morgan fingerprint density at radius 1 is 0.889 bits per heavy atom. The minimum atomic E-state index is 1.01. The lowest BCUT2D eigenvalue weighted by Crippen LogP contribution is -2.41. The minimum absolute atomic E-state index is 1.01. The highest BCUT2D eigenvalue weighted by Crippen LogP contribution is 2.46. The van der Waals surface area contributed by atoms with Crippen molar-refractivity contribution < 1.29 is 4.57 Å². The van der Waals surface area contributed by atoms with Crippen LogP contribution >= 0.6 is 23.1 Å². The van der Waals surface area contributed by atoms with Gasteiger partial charge in [0.15, 0.2) is 6.54 Å². The van der Waals surface area contributed by atoms with E-state index in [4.69, 9.17) is 0 Å². The van der Waals surface area contributed by atoms with Gasteiger partial charge in [0.1, 0.15) is 4.70 Å². The zero-order chi connectivity index (χ0) is 25.5. The molecule has 0 saturated heterocycles. The number of allylic oxidation sites excluding steroid dienone is 2. The number of para-hydroxylation sites is 2. The average molecular weight is 522 g/mol. The summed E-state index contributed by atoms with van der Waals surface area (Å²) in [6, 6.07) is 17.6. The number of hydrogen-bond acceptors (Lipinski definition) is 5. The Morgan fingerprint density at radius 3 is 2.31 bits per heavy atom. The van der Waals surface area contributed by atoms with E-state index in [0.717, 1.165) is 52.4 Å². The van der Waals surface area contributed by atoms with E-state index in [1.807, 2.05) is 23.1 Å². The lowest BCUT2D eigenvalue weighted by molar-refractivity contribution is -0.668. The van der Waals surface area contributed by atoms with Gasteiger partial charge in [-0.05, 0) is 63.0 Å². The third-order valence-corrected chi connectivity index (χ3v) is 9.27. The van der Waals surface area contributed by atoms with E-state index in [1.165, 1.54) is 36.4 Å². The minimum Gasteiger partial charge on any atom is -0.334 e. The second-order valence-corrected chi connectivity index (χ2v) is 11.3. The molecule has 3 aromatic rings. The van der Waals surface area contributed by atoms with Crippen LogP contribution in [-0.4, -0.2) is 55.6 Å². The lowest BCUT2D eigenvalue weighted by atomic mass is 10.2. The second kappa shape index (κ2) is 12.9. The van der Waals surface area contributed by atoms with E-state index in [9.17, 15) is 0 Å². The Balaban J connectivity index is 1.63. The van der Waals surface area contributed by atoms with Gasteiger partial charge >= 0.3 is 0 Å². The molecule has 0 atom stereocenters. The van der Waals surface area contributed by atoms with Crippen LogP contribution in [0.2, 0.25) is 0 Å². The van der Waals surface area contributed by atoms with Crippen LogP contribution in [0.25, 0.3) is 16.3 Å². The summed E-state index contributed by atoms with van der Waals surface area (Å²) < 4.78 is 3.86. The van der Waals surface area contributed by atoms with Crippen molar-refractivity contribution in [1.29, 1.82) is 0 Å². The number of hydrogen-bond donors (Lipinski definition) is 0. The van der Waals surface area contributed by atoms with Crippen molar-refractivity contribution in [2.45, 2.75) is 46.1 Å². The van der Waals surface area contributed by atoms with Crippen molar-refractivity contribution in [2.24, 2.45) is 0 Å². The number of anilines is 1. The topological polar surface area (TPSA) is 13.6 Å². The van der Waals surface area contributed by atoms with E-state index in [0.29, 0.717) is 0 Å². The van der Waals surface area contributed by atoms with Crippen LogP contribution < -0.4 is 9.47 Å². The Morgan fingerprint density at radius 2 is 1.56 bits per heavy atom. The molecule has 36 heavy (non-hydrogen) atoms. The zero-order valence-corrected chi connectivity index (χ0v) is 24.2. The van der Waals surface area contributed by atoms with Crippen molar-refractivity contribution in [3.05, 3.63) is 70.2 Å². The molecule has 2 heterocycles. The predicted octanol–water partition coefficient (Wildman–Crippen LogP) is 6.73. The number of likely N-dealkylation sites (N-methyl/N-ethyl adjacent to an activating group) is 2. The normalized spacial score (nSPS) is 15.1. The second-order valence-electron chi connectivity index (χ2n) is 9.21. The fraction of sp³-hybridized carbons (Fsp3) is 0.433. The van der Waals surface area contributed by atoms with Gasteiger partial charge in [-0.3, -0.25) is 4.90 Å². The van der Waals surface area contributed by atoms with Gasteiger partial charge in [-0.15, -0.1) is 0 Å². The molecule has 1 aliphatic rings. The van der Waals surface area contributed by atoms with Crippen molar-refractivity contribution in [2.75, 3.05) is 50.7 Å². The van der Waals surface area contributed by atoms with Crippen molar-refractivity contribution >= 4 is 45.1 Å². The summed E-state index contributed by atoms with van der Waals surface area (Å²) in [4.78, 5) is 8.87. The lowest BCUT2D eigenvalue weighted by Gasteiger charge is -2.25. The molecule has 1 aliphatic heterocycles. The van der Waals surface area contributed by atoms with Crippen LogP contribution in [0.3, 0.4) is 0 Å². The number of nitrogens with zero attached hydrogens (tertiary/aromatic N) is 4. The van der Waals surface area contributed by atoms with E-state index >= 15 is 0 Å². The maximum Gasteiger partial charge on any atom is 0.263 e. The predicted molar refractivity (Wildman–Crippen MR) is 159 cm³/mol. The Bertz CT molecular complexity index is 1200. The first-order valence-corrected chi connectivity index (χ1v) is 15.0. The van der Waals surface area contributed by atoms with Gasteiger partial charge in [0.2, 0.25) is 5.52 Å². The van der Waals surface area contributed by atoms with Crippen LogP contribution in [0.5, 0.6) is 0 Å². The summed E-state index contributed by atoms with van der Waals surface area (Å²) in [5, 5.41) is 2.65. The molecule has 0 aliphatic carbocycles. The van der Waals surface area contributed by atoms with Crippen LogP contribution in [0.4, 0.5) is 5.69 Å². The van der Waals surface area contributed by atoms with Crippen LogP contribution in [-0.2, 0) is 6.54 Å². The highest BCUT2D eigenvalue weighted by Gasteiger charge is 2.25. The molecule has 1 aromatic heterocycles. The molecule has 0 N–H and O–H groups in total. The third-order valence-electron chi connectivity index (χ3n) is 7.04. The Labute approximate surface area is 225 Å². The number of thiazole rings is 1. The average Bonchev–Trinajstić information content (AvgIpc) is 3.42. The largest absolute Gasteiger partial charge is 0.334 e. The van der Waals surface area contributed by atoms with Crippen molar-refractivity contribution in [3.8, 4) is 0 Å². The standard InChI is InChI=1S/C30H41N4S2/c1-6-31(7-2)18-20-33-25-14-10-12-16-27(25)35-29(33)22-24(5)23-30-34(21-19-32(8-3)9-4)26-15-11-13-17-28(26)36-30/h10-17,22-23H,6-9,18-21H2,1-5H3/q+1. The van der Waals surface area contributed by atoms with Gasteiger partial charge in [-0.25, -0.2) is 0 Å². The SMILES string of the molecule is CCN(CC)CCN1/C(=C/C(C)=C/c2sc3ccccc3[n+]2CCN(CC)CC)Sc2ccccc21. The van der Waals surface area contributed by atoms with Gasteiger partial charge in [0.05, 0.1) is 17.3 Å². The number of aromatic nitrogens is 1. The molecular weight excluding hydrogens is 480 g/mol.